The van der Waals surface area contributed by atoms with Crippen molar-refractivity contribution in [2.45, 2.75) is 50.7 Å². The molecule has 3 atom stereocenters. The first-order chi connectivity index (χ1) is 16.1. The van der Waals surface area contributed by atoms with Crippen molar-refractivity contribution in [2.75, 3.05) is 26.7 Å². The molecule has 0 bridgehead atoms. The summed E-state index contributed by atoms with van der Waals surface area (Å²) in [4.78, 5) is 9.03. The van der Waals surface area contributed by atoms with Crippen molar-refractivity contribution in [1.82, 2.24) is 29.8 Å². The van der Waals surface area contributed by atoms with Gasteiger partial charge < -0.3 is 14.4 Å². The highest BCUT2D eigenvalue weighted by Crippen LogP contribution is 2.29. The van der Waals surface area contributed by atoms with E-state index in [-0.39, 0.29) is 12.1 Å². The van der Waals surface area contributed by atoms with Gasteiger partial charge >= 0.3 is 0 Å². The van der Waals surface area contributed by atoms with Gasteiger partial charge in [-0.25, -0.2) is 9.07 Å². The van der Waals surface area contributed by atoms with Crippen LogP contribution in [0.5, 0.6) is 0 Å². The lowest BCUT2D eigenvalue weighted by molar-refractivity contribution is -0.181. The second-order valence-electron chi connectivity index (χ2n) is 9.03. The van der Waals surface area contributed by atoms with Crippen LogP contribution in [0.15, 0.2) is 42.3 Å². The lowest BCUT2D eigenvalue weighted by Gasteiger charge is -2.38. The highest BCUT2D eigenvalue weighted by Gasteiger charge is 2.30. The van der Waals surface area contributed by atoms with E-state index in [1.54, 1.807) is 10.7 Å². The number of aryl methyl sites for hydroxylation is 1. The normalized spacial score (nSPS) is 26.1. The van der Waals surface area contributed by atoms with Gasteiger partial charge in [-0.2, -0.15) is 0 Å². The quantitative estimate of drug-likeness (QED) is 0.665. The first-order valence-electron chi connectivity index (χ1n) is 11.7. The van der Waals surface area contributed by atoms with Gasteiger partial charge in [-0.1, -0.05) is 17.4 Å². The standard InChI is InChI=1S/C24H31FN6O2/c1-29-10-4-6-21(29)17-5-3-11-31(15-17)19-9-12-32-23(13-19)33-16-22-24(27-28-30(22)2)20-8-7-18(25)14-26-20/h3,5,7-8,14-15,19,21,23H,4,6,9-13,16H2,1-2H3. The van der Waals surface area contributed by atoms with Crippen molar-refractivity contribution in [2.24, 2.45) is 7.05 Å². The molecular weight excluding hydrogens is 423 g/mol. The molecular formula is C24H31FN6O2. The molecule has 0 aliphatic carbocycles. The third-order valence-corrected chi connectivity index (χ3v) is 6.85. The van der Waals surface area contributed by atoms with Crippen molar-refractivity contribution in [3.05, 3.63) is 53.8 Å². The van der Waals surface area contributed by atoms with Crippen LogP contribution in [-0.4, -0.2) is 74.9 Å². The fourth-order valence-corrected chi connectivity index (χ4v) is 4.97. The van der Waals surface area contributed by atoms with E-state index in [0.717, 1.165) is 25.1 Å². The number of aromatic nitrogens is 4. The molecule has 2 saturated heterocycles. The van der Waals surface area contributed by atoms with E-state index < -0.39 is 0 Å². The van der Waals surface area contributed by atoms with Gasteiger partial charge in [0.25, 0.3) is 0 Å². The number of hydrogen-bond donors (Lipinski definition) is 0. The summed E-state index contributed by atoms with van der Waals surface area (Å²) in [6, 6.07) is 3.87. The Balaban J connectivity index is 1.23. The average Bonchev–Trinajstić information content (AvgIpc) is 3.44. The van der Waals surface area contributed by atoms with Gasteiger partial charge in [-0.15, -0.1) is 5.10 Å². The van der Waals surface area contributed by atoms with Gasteiger partial charge in [-0.3, -0.25) is 9.88 Å². The van der Waals surface area contributed by atoms with Gasteiger partial charge in [0.05, 0.1) is 30.8 Å². The molecule has 0 radical (unpaired) electrons. The number of nitrogens with zero attached hydrogens (tertiary/aromatic N) is 6. The zero-order valence-electron chi connectivity index (χ0n) is 19.2. The zero-order chi connectivity index (χ0) is 22.8. The van der Waals surface area contributed by atoms with Crippen LogP contribution < -0.4 is 0 Å². The summed E-state index contributed by atoms with van der Waals surface area (Å²) in [5.41, 5.74) is 3.36. The molecule has 0 aromatic carbocycles. The summed E-state index contributed by atoms with van der Waals surface area (Å²) in [5.74, 6) is -0.383. The molecule has 5 heterocycles. The molecule has 3 aliphatic rings. The van der Waals surface area contributed by atoms with Gasteiger partial charge in [0, 0.05) is 38.3 Å². The second-order valence-corrected chi connectivity index (χ2v) is 9.03. The Labute approximate surface area is 193 Å². The Kier molecular flexibility index (Phi) is 6.52. The van der Waals surface area contributed by atoms with Crippen molar-refractivity contribution in [3.63, 3.8) is 0 Å². The number of rotatable bonds is 6. The lowest BCUT2D eigenvalue weighted by Crippen LogP contribution is -2.42. The van der Waals surface area contributed by atoms with E-state index in [9.17, 15) is 4.39 Å². The largest absolute Gasteiger partial charge is 0.370 e. The maximum absolute atomic E-state index is 13.3. The Morgan fingerprint density at radius 3 is 2.94 bits per heavy atom. The summed E-state index contributed by atoms with van der Waals surface area (Å²) < 4.78 is 27.0. The molecule has 2 aromatic rings. The number of hydrogen-bond acceptors (Lipinski definition) is 7. The number of halogens is 1. The van der Waals surface area contributed by atoms with E-state index in [4.69, 9.17) is 9.47 Å². The predicted octanol–water partition coefficient (Wildman–Crippen LogP) is 2.89. The lowest BCUT2D eigenvalue weighted by atomic mass is 10.00. The first-order valence-corrected chi connectivity index (χ1v) is 11.7. The van der Waals surface area contributed by atoms with Crippen LogP contribution in [0.4, 0.5) is 4.39 Å². The van der Waals surface area contributed by atoms with E-state index in [0.29, 0.717) is 36.7 Å². The molecule has 33 heavy (non-hydrogen) atoms. The molecule has 0 spiro atoms. The molecule has 2 fully saturated rings. The maximum Gasteiger partial charge on any atom is 0.160 e. The SMILES string of the molecule is CN1CCCC1C1=CN(C2CCOC(OCc3c(-c4ccc(F)cn4)nnn3C)C2)CC=C1. The fourth-order valence-electron chi connectivity index (χ4n) is 4.97. The van der Waals surface area contributed by atoms with Gasteiger partial charge in [0.15, 0.2) is 6.29 Å². The van der Waals surface area contributed by atoms with Crippen LogP contribution in [0, 0.1) is 5.82 Å². The third-order valence-electron chi connectivity index (χ3n) is 6.85. The molecule has 3 aliphatic heterocycles. The third kappa shape index (κ3) is 4.85. The summed E-state index contributed by atoms with van der Waals surface area (Å²) >= 11 is 0. The molecule has 9 heteroatoms. The predicted molar refractivity (Wildman–Crippen MR) is 121 cm³/mol. The van der Waals surface area contributed by atoms with Gasteiger partial charge in [0.1, 0.15) is 11.5 Å². The van der Waals surface area contributed by atoms with E-state index in [2.05, 4.69) is 50.5 Å². The Bertz CT molecular complexity index is 1020. The number of ether oxygens (including phenoxy) is 2. The Morgan fingerprint density at radius 1 is 1.24 bits per heavy atom. The topological polar surface area (TPSA) is 68.5 Å². The monoisotopic (exact) mass is 454 g/mol. The Hall–Kier alpha value is -2.62. The highest BCUT2D eigenvalue weighted by molar-refractivity contribution is 5.56. The van der Waals surface area contributed by atoms with Crippen LogP contribution in [0.3, 0.4) is 0 Å². The highest BCUT2D eigenvalue weighted by atomic mass is 19.1. The average molecular weight is 455 g/mol. The molecule has 8 nitrogen and oxygen atoms in total. The van der Waals surface area contributed by atoms with Crippen LogP contribution in [-0.2, 0) is 23.1 Å². The number of likely N-dealkylation sites (tertiary alicyclic amines) is 1. The maximum atomic E-state index is 13.3. The molecule has 176 valence electrons. The van der Waals surface area contributed by atoms with Crippen LogP contribution in [0.1, 0.15) is 31.4 Å². The van der Waals surface area contributed by atoms with Crippen molar-refractivity contribution in [3.8, 4) is 11.4 Å². The fraction of sp³-hybridized carbons (Fsp3) is 0.542. The van der Waals surface area contributed by atoms with Crippen LogP contribution in [0.25, 0.3) is 11.4 Å². The van der Waals surface area contributed by atoms with E-state index in [1.165, 1.54) is 37.2 Å². The second kappa shape index (κ2) is 9.70. The van der Waals surface area contributed by atoms with Crippen LogP contribution in [0.2, 0.25) is 0 Å². The zero-order valence-corrected chi connectivity index (χ0v) is 19.2. The Morgan fingerprint density at radius 2 is 2.15 bits per heavy atom. The first kappa shape index (κ1) is 22.2. The molecule has 0 N–H and O–H groups in total. The smallest absolute Gasteiger partial charge is 0.160 e. The molecule has 5 rings (SSSR count). The summed E-state index contributed by atoms with van der Waals surface area (Å²) in [6.07, 6.45) is 12.1. The molecule has 0 saturated carbocycles. The summed E-state index contributed by atoms with van der Waals surface area (Å²) in [6.45, 7) is 3.05. The minimum atomic E-state index is -0.383. The minimum Gasteiger partial charge on any atom is -0.370 e. The molecule has 3 unspecified atom stereocenters. The molecule has 0 amide bonds. The summed E-state index contributed by atoms with van der Waals surface area (Å²) in [7, 11) is 4.03. The van der Waals surface area contributed by atoms with E-state index in [1.807, 2.05) is 7.05 Å². The van der Waals surface area contributed by atoms with Gasteiger partial charge in [-0.05, 0) is 50.6 Å². The van der Waals surface area contributed by atoms with Crippen LogP contribution >= 0.6 is 0 Å². The summed E-state index contributed by atoms with van der Waals surface area (Å²) in [5, 5.41) is 8.30. The van der Waals surface area contributed by atoms with Gasteiger partial charge in [0.2, 0.25) is 0 Å². The number of likely N-dealkylation sites (N-methyl/N-ethyl adjacent to an activating group) is 1. The van der Waals surface area contributed by atoms with E-state index >= 15 is 0 Å². The minimum absolute atomic E-state index is 0.295. The van der Waals surface area contributed by atoms with Crippen molar-refractivity contribution in [1.29, 1.82) is 0 Å². The molecule has 2 aromatic heterocycles. The number of pyridine rings is 1. The van der Waals surface area contributed by atoms with Crippen molar-refractivity contribution >= 4 is 0 Å². The van der Waals surface area contributed by atoms with Crippen molar-refractivity contribution < 1.29 is 13.9 Å².